The van der Waals surface area contributed by atoms with Gasteiger partial charge in [0.2, 0.25) is 0 Å². The van der Waals surface area contributed by atoms with Crippen LogP contribution in [0.1, 0.15) is 25.5 Å². The number of amides is 2. The highest BCUT2D eigenvalue weighted by atomic mass is 35.9. The van der Waals surface area contributed by atoms with Gasteiger partial charge in [-0.1, -0.05) is 30.3 Å². The van der Waals surface area contributed by atoms with Crippen LogP contribution in [0.2, 0.25) is 0 Å². The van der Waals surface area contributed by atoms with E-state index in [1.165, 1.54) is 11.9 Å². The lowest BCUT2D eigenvalue weighted by Crippen LogP contribution is -2.46. The summed E-state index contributed by atoms with van der Waals surface area (Å²) in [7, 11) is 1.45. The van der Waals surface area contributed by atoms with Crippen molar-refractivity contribution in [3.63, 3.8) is 0 Å². The summed E-state index contributed by atoms with van der Waals surface area (Å²) in [5.41, 5.74) is 1.12. The maximum atomic E-state index is 12.6. The van der Waals surface area contributed by atoms with Crippen molar-refractivity contribution in [3.8, 4) is 0 Å². The van der Waals surface area contributed by atoms with Crippen LogP contribution >= 0.6 is 28.5 Å². The summed E-state index contributed by atoms with van der Waals surface area (Å²) in [6.07, 6.45) is 0. The molecule has 2 rings (SSSR count). The van der Waals surface area contributed by atoms with Crippen LogP contribution in [0.4, 0.5) is 4.79 Å². The number of carbonyl (C=O) groups is 2. The lowest BCUT2D eigenvalue weighted by molar-refractivity contribution is -0.139. The molecule has 1 aliphatic rings. The van der Waals surface area contributed by atoms with E-state index >= 15 is 0 Å². The predicted molar refractivity (Wildman–Crippen MR) is 92.8 cm³/mol. The van der Waals surface area contributed by atoms with E-state index in [4.69, 9.17) is 27.2 Å². The van der Waals surface area contributed by atoms with E-state index in [9.17, 15) is 14.2 Å². The van der Waals surface area contributed by atoms with E-state index in [1.807, 2.05) is 0 Å². The summed E-state index contributed by atoms with van der Waals surface area (Å²) in [5, 5.41) is 0. The van der Waals surface area contributed by atoms with Crippen molar-refractivity contribution in [2.45, 2.75) is 19.9 Å². The molecular formula is C15H17Cl2N2O4P. The fourth-order valence-electron chi connectivity index (χ4n) is 2.55. The molecule has 0 saturated heterocycles. The Hall–Kier alpha value is -1.49. The van der Waals surface area contributed by atoms with Crippen LogP contribution in [0.25, 0.3) is 0 Å². The molecule has 1 heterocycles. The molecule has 1 atom stereocenters. The van der Waals surface area contributed by atoms with Crippen molar-refractivity contribution in [3.05, 3.63) is 47.2 Å². The number of nitrogens with zero attached hydrogens (tertiary/aromatic N) is 2. The second-order valence-electron chi connectivity index (χ2n) is 5.15. The summed E-state index contributed by atoms with van der Waals surface area (Å²) in [6.45, 7) is 3.45. The molecule has 130 valence electrons. The Labute approximate surface area is 150 Å². The number of carbonyl (C=O) groups excluding carboxylic acids is 2. The standard InChI is InChI=1S/C15H17Cl2N2O4P/c1-4-23-14(20)12-10(2)18(3)15(21)19(24(16,17)22)13(12)11-8-6-5-7-9-11/h5-9,13H,4H2,1-3H3. The van der Waals surface area contributed by atoms with Crippen molar-refractivity contribution < 1.29 is 18.9 Å². The number of hydrogen-bond donors (Lipinski definition) is 0. The Kier molecular flexibility index (Phi) is 5.63. The normalized spacial score (nSPS) is 18.9. The van der Waals surface area contributed by atoms with E-state index in [2.05, 4.69) is 0 Å². The molecule has 1 aromatic rings. The van der Waals surface area contributed by atoms with Crippen LogP contribution in [-0.4, -0.2) is 35.2 Å². The SMILES string of the molecule is CCOC(=O)C1=C(C)N(C)C(=O)N(P(=O)(Cl)Cl)C1c1ccccc1. The monoisotopic (exact) mass is 390 g/mol. The molecule has 0 bridgehead atoms. The average Bonchev–Trinajstić information content (AvgIpc) is 2.52. The van der Waals surface area contributed by atoms with Crippen LogP contribution in [-0.2, 0) is 14.1 Å². The van der Waals surface area contributed by atoms with Crippen molar-refractivity contribution in [1.82, 2.24) is 9.57 Å². The molecule has 1 aromatic carbocycles. The number of urea groups is 1. The third-order valence-electron chi connectivity index (χ3n) is 3.76. The van der Waals surface area contributed by atoms with Gasteiger partial charge < -0.3 is 9.64 Å². The van der Waals surface area contributed by atoms with Gasteiger partial charge in [0.1, 0.15) is 6.04 Å². The first-order chi connectivity index (χ1) is 11.2. The Morgan fingerprint density at radius 3 is 2.38 bits per heavy atom. The number of allylic oxidation sites excluding steroid dienone is 1. The highest BCUT2D eigenvalue weighted by Gasteiger charge is 2.47. The van der Waals surface area contributed by atoms with E-state index < -0.39 is 24.0 Å². The largest absolute Gasteiger partial charge is 0.463 e. The van der Waals surface area contributed by atoms with Gasteiger partial charge in [0.05, 0.1) is 12.2 Å². The van der Waals surface area contributed by atoms with E-state index in [1.54, 1.807) is 44.2 Å². The van der Waals surface area contributed by atoms with Crippen molar-refractivity contribution in [2.75, 3.05) is 13.7 Å². The topological polar surface area (TPSA) is 66.9 Å². The molecule has 1 unspecified atom stereocenters. The fourth-order valence-corrected chi connectivity index (χ4v) is 4.32. The zero-order valence-electron chi connectivity index (χ0n) is 13.4. The van der Waals surface area contributed by atoms with Crippen LogP contribution in [0.15, 0.2) is 41.6 Å². The number of ether oxygens (including phenoxy) is 1. The van der Waals surface area contributed by atoms with Crippen LogP contribution in [0.5, 0.6) is 0 Å². The zero-order chi connectivity index (χ0) is 18.1. The van der Waals surface area contributed by atoms with Crippen LogP contribution in [0, 0.1) is 0 Å². The number of hydrogen-bond acceptors (Lipinski definition) is 4. The lowest BCUT2D eigenvalue weighted by atomic mass is 9.95. The van der Waals surface area contributed by atoms with Gasteiger partial charge in [-0.2, -0.15) is 0 Å². The third kappa shape index (κ3) is 3.46. The molecule has 24 heavy (non-hydrogen) atoms. The van der Waals surface area contributed by atoms with Crippen LogP contribution in [0.3, 0.4) is 0 Å². The minimum Gasteiger partial charge on any atom is -0.463 e. The molecule has 1 aliphatic heterocycles. The summed E-state index contributed by atoms with van der Waals surface area (Å²) < 4.78 is 18.3. The minimum absolute atomic E-state index is 0.161. The van der Waals surface area contributed by atoms with E-state index in [-0.39, 0.29) is 12.2 Å². The Bertz CT molecular complexity index is 732. The average molecular weight is 391 g/mol. The first-order valence-electron chi connectivity index (χ1n) is 7.19. The number of benzene rings is 1. The van der Waals surface area contributed by atoms with Gasteiger partial charge >= 0.3 is 18.0 Å². The predicted octanol–water partition coefficient (Wildman–Crippen LogP) is 4.52. The number of rotatable bonds is 4. The van der Waals surface area contributed by atoms with Gasteiger partial charge in [0.15, 0.2) is 0 Å². The molecule has 6 nitrogen and oxygen atoms in total. The molecule has 9 heteroatoms. The maximum absolute atomic E-state index is 12.6. The van der Waals surface area contributed by atoms with Gasteiger partial charge in [0, 0.05) is 12.7 Å². The molecule has 0 aliphatic carbocycles. The summed E-state index contributed by atoms with van der Waals surface area (Å²) in [4.78, 5) is 26.3. The number of esters is 1. The smallest absolute Gasteiger partial charge is 0.350 e. The first kappa shape index (κ1) is 18.8. The Balaban J connectivity index is 2.73. The fraction of sp³-hybridized carbons (Fsp3) is 0.333. The van der Waals surface area contributed by atoms with E-state index in [0.717, 1.165) is 4.67 Å². The van der Waals surface area contributed by atoms with Gasteiger partial charge in [-0.05, 0) is 41.9 Å². The molecule has 0 saturated carbocycles. The quantitative estimate of drug-likeness (QED) is 0.559. The molecule has 2 amide bonds. The number of halogens is 2. The highest BCUT2D eigenvalue weighted by Crippen LogP contribution is 2.65. The zero-order valence-corrected chi connectivity index (χ0v) is 15.8. The summed E-state index contributed by atoms with van der Waals surface area (Å²) in [6, 6.07) is 7.02. The first-order valence-corrected chi connectivity index (χ1v) is 10.7. The van der Waals surface area contributed by atoms with Crippen molar-refractivity contribution in [1.29, 1.82) is 0 Å². The van der Waals surface area contributed by atoms with Gasteiger partial charge in [-0.25, -0.2) is 14.3 Å². The molecular weight excluding hydrogens is 374 g/mol. The third-order valence-corrected chi connectivity index (χ3v) is 5.64. The van der Waals surface area contributed by atoms with E-state index in [0.29, 0.717) is 11.3 Å². The Morgan fingerprint density at radius 1 is 1.29 bits per heavy atom. The van der Waals surface area contributed by atoms with Gasteiger partial charge in [0.25, 0.3) is 0 Å². The molecule has 0 radical (unpaired) electrons. The second kappa shape index (κ2) is 7.18. The summed E-state index contributed by atoms with van der Waals surface area (Å²) >= 11 is 11.7. The van der Waals surface area contributed by atoms with Gasteiger partial charge in [-0.3, -0.25) is 4.57 Å². The molecule has 0 fully saturated rings. The van der Waals surface area contributed by atoms with Crippen molar-refractivity contribution in [2.24, 2.45) is 0 Å². The molecule has 0 N–H and O–H groups in total. The minimum atomic E-state index is -4.03. The van der Waals surface area contributed by atoms with Crippen molar-refractivity contribution >= 4 is 40.5 Å². The maximum Gasteiger partial charge on any atom is 0.350 e. The van der Waals surface area contributed by atoms with Crippen LogP contribution < -0.4 is 0 Å². The molecule has 0 aromatic heterocycles. The Morgan fingerprint density at radius 2 is 1.88 bits per heavy atom. The highest BCUT2D eigenvalue weighted by molar-refractivity contribution is 8.07. The van der Waals surface area contributed by atoms with Gasteiger partial charge in [-0.15, -0.1) is 0 Å². The second-order valence-corrected chi connectivity index (χ2v) is 9.72. The lowest BCUT2D eigenvalue weighted by Gasteiger charge is -2.41. The molecule has 0 spiro atoms. The summed E-state index contributed by atoms with van der Waals surface area (Å²) in [5.74, 6) is -4.65.